The Labute approximate surface area is 95.1 Å². The molecule has 4 heteroatoms. The summed E-state index contributed by atoms with van der Waals surface area (Å²) in [4.78, 5) is 4.35. The second-order valence-corrected chi connectivity index (χ2v) is 4.03. The van der Waals surface area contributed by atoms with Crippen molar-refractivity contribution in [3.63, 3.8) is 0 Å². The summed E-state index contributed by atoms with van der Waals surface area (Å²) in [6.45, 7) is 4.01. The molecule has 0 fully saturated rings. The SMILES string of the molecule is CNCC(C)CNc1nc2ccccc2o1. The Hall–Kier alpha value is -1.55. The summed E-state index contributed by atoms with van der Waals surface area (Å²) in [5.41, 5.74) is 1.72. The van der Waals surface area contributed by atoms with Crippen LogP contribution in [0.15, 0.2) is 28.7 Å². The molecule has 1 unspecified atom stereocenters. The first-order valence-electron chi connectivity index (χ1n) is 5.53. The number of aromatic nitrogens is 1. The summed E-state index contributed by atoms with van der Waals surface area (Å²) >= 11 is 0. The van der Waals surface area contributed by atoms with Crippen LogP contribution in [-0.2, 0) is 0 Å². The van der Waals surface area contributed by atoms with Crippen LogP contribution in [0.2, 0.25) is 0 Å². The van der Waals surface area contributed by atoms with Gasteiger partial charge < -0.3 is 15.1 Å². The quantitative estimate of drug-likeness (QED) is 0.808. The molecule has 1 atom stereocenters. The van der Waals surface area contributed by atoms with Gasteiger partial charge in [0.2, 0.25) is 0 Å². The van der Waals surface area contributed by atoms with Crippen molar-refractivity contribution in [3.8, 4) is 0 Å². The van der Waals surface area contributed by atoms with Crippen molar-refractivity contribution in [2.75, 3.05) is 25.5 Å². The number of para-hydroxylation sites is 2. The van der Waals surface area contributed by atoms with Crippen molar-refractivity contribution in [1.82, 2.24) is 10.3 Å². The largest absolute Gasteiger partial charge is 0.424 e. The third-order valence-corrected chi connectivity index (χ3v) is 2.45. The van der Waals surface area contributed by atoms with Crippen LogP contribution < -0.4 is 10.6 Å². The highest BCUT2D eigenvalue weighted by Gasteiger charge is 2.05. The summed E-state index contributed by atoms with van der Waals surface area (Å²) in [6.07, 6.45) is 0. The summed E-state index contributed by atoms with van der Waals surface area (Å²) in [7, 11) is 1.95. The first-order valence-corrected chi connectivity index (χ1v) is 5.53. The van der Waals surface area contributed by atoms with E-state index in [2.05, 4.69) is 22.5 Å². The summed E-state index contributed by atoms with van der Waals surface area (Å²) in [5, 5.41) is 6.34. The van der Waals surface area contributed by atoms with E-state index in [0.717, 1.165) is 24.2 Å². The van der Waals surface area contributed by atoms with Crippen molar-refractivity contribution in [1.29, 1.82) is 0 Å². The van der Waals surface area contributed by atoms with Crippen molar-refractivity contribution < 1.29 is 4.42 Å². The Balaban J connectivity index is 1.99. The fourth-order valence-electron chi connectivity index (χ4n) is 1.63. The molecular weight excluding hydrogens is 202 g/mol. The van der Waals surface area contributed by atoms with Crippen molar-refractivity contribution >= 4 is 17.1 Å². The molecule has 0 saturated heterocycles. The molecule has 2 rings (SSSR count). The lowest BCUT2D eigenvalue weighted by Gasteiger charge is -2.09. The molecule has 0 spiro atoms. The Kier molecular flexibility index (Phi) is 3.41. The zero-order chi connectivity index (χ0) is 11.4. The van der Waals surface area contributed by atoms with E-state index in [-0.39, 0.29) is 0 Å². The second-order valence-electron chi connectivity index (χ2n) is 4.03. The van der Waals surface area contributed by atoms with Crippen molar-refractivity contribution in [2.45, 2.75) is 6.92 Å². The molecule has 16 heavy (non-hydrogen) atoms. The maximum atomic E-state index is 5.55. The Morgan fingerprint density at radius 1 is 1.31 bits per heavy atom. The number of oxazole rings is 1. The molecule has 2 N–H and O–H groups in total. The number of nitrogens with one attached hydrogen (secondary N) is 2. The minimum atomic E-state index is 0.542. The average Bonchev–Trinajstić information content (AvgIpc) is 2.69. The third kappa shape index (κ3) is 2.52. The molecule has 1 aromatic carbocycles. The molecule has 0 aliphatic carbocycles. The van der Waals surface area contributed by atoms with E-state index in [0.29, 0.717) is 11.9 Å². The molecule has 0 aliphatic heterocycles. The van der Waals surface area contributed by atoms with Crippen LogP contribution >= 0.6 is 0 Å². The van der Waals surface area contributed by atoms with E-state index in [1.54, 1.807) is 0 Å². The minimum Gasteiger partial charge on any atom is -0.424 e. The van der Waals surface area contributed by atoms with Crippen molar-refractivity contribution in [3.05, 3.63) is 24.3 Å². The van der Waals surface area contributed by atoms with Crippen LogP contribution in [0.25, 0.3) is 11.1 Å². The van der Waals surface area contributed by atoms with E-state index >= 15 is 0 Å². The van der Waals surface area contributed by atoms with Crippen LogP contribution in [0.1, 0.15) is 6.92 Å². The third-order valence-electron chi connectivity index (χ3n) is 2.45. The van der Waals surface area contributed by atoms with Crippen LogP contribution in [-0.4, -0.2) is 25.1 Å². The van der Waals surface area contributed by atoms with Gasteiger partial charge in [-0.3, -0.25) is 0 Å². The summed E-state index contributed by atoms with van der Waals surface area (Å²) in [6, 6.07) is 8.37. The van der Waals surface area contributed by atoms with E-state index in [1.165, 1.54) is 0 Å². The number of nitrogens with zero attached hydrogens (tertiary/aromatic N) is 1. The fraction of sp³-hybridized carbons (Fsp3) is 0.417. The molecule has 0 aliphatic rings. The van der Waals surface area contributed by atoms with Gasteiger partial charge in [0.15, 0.2) is 5.58 Å². The zero-order valence-corrected chi connectivity index (χ0v) is 9.66. The summed E-state index contributed by atoms with van der Waals surface area (Å²) < 4.78 is 5.55. The predicted molar refractivity (Wildman–Crippen MR) is 65.6 cm³/mol. The highest BCUT2D eigenvalue weighted by atomic mass is 16.4. The van der Waals surface area contributed by atoms with Gasteiger partial charge in [-0.2, -0.15) is 4.98 Å². The minimum absolute atomic E-state index is 0.542. The first kappa shape index (κ1) is 11.0. The van der Waals surface area contributed by atoms with Crippen molar-refractivity contribution in [2.24, 2.45) is 5.92 Å². The highest BCUT2D eigenvalue weighted by molar-refractivity contribution is 5.74. The van der Waals surface area contributed by atoms with Gasteiger partial charge in [-0.15, -0.1) is 0 Å². The fourth-order valence-corrected chi connectivity index (χ4v) is 1.63. The topological polar surface area (TPSA) is 50.1 Å². The lowest BCUT2D eigenvalue weighted by molar-refractivity contribution is 0.549. The maximum Gasteiger partial charge on any atom is 0.295 e. The first-order chi connectivity index (χ1) is 7.79. The van der Waals surface area contributed by atoms with Gasteiger partial charge in [0.25, 0.3) is 6.01 Å². The van der Waals surface area contributed by atoms with E-state index < -0.39 is 0 Å². The number of rotatable bonds is 5. The van der Waals surface area contributed by atoms with Crippen LogP contribution in [0.4, 0.5) is 6.01 Å². The van der Waals surface area contributed by atoms with Gasteiger partial charge in [0.05, 0.1) is 0 Å². The molecule has 0 amide bonds. The molecule has 0 saturated carbocycles. The number of fused-ring (bicyclic) bond motifs is 1. The monoisotopic (exact) mass is 219 g/mol. The maximum absolute atomic E-state index is 5.55. The van der Waals surface area contributed by atoms with E-state index in [4.69, 9.17) is 4.42 Å². The van der Waals surface area contributed by atoms with Crippen LogP contribution in [0.5, 0.6) is 0 Å². The number of benzene rings is 1. The predicted octanol–water partition coefficient (Wildman–Crippen LogP) is 2.10. The molecular formula is C12H17N3O. The zero-order valence-electron chi connectivity index (χ0n) is 9.66. The number of anilines is 1. The lowest BCUT2D eigenvalue weighted by Crippen LogP contribution is -2.22. The molecule has 86 valence electrons. The highest BCUT2D eigenvalue weighted by Crippen LogP contribution is 2.17. The Morgan fingerprint density at radius 2 is 2.12 bits per heavy atom. The van der Waals surface area contributed by atoms with E-state index in [9.17, 15) is 0 Å². The Bertz CT molecular complexity index is 419. The van der Waals surface area contributed by atoms with Gasteiger partial charge in [0.1, 0.15) is 5.52 Å². The van der Waals surface area contributed by atoms with Gasteiger partial charge in [-0.25, -0.2) is 0 Å². The van der Waals surface area contributed by atoms with E-state index in [1.807, 2.05) is 31.3 Å². The molecule has 4 nitrogen and oxygen atoms in total. The number of hydrogen-bond acceptors (Lipinski definition) is 4. The summed E-state index contributed by atoms with van der Waals surface area (Å²) in [5.74, 6) is 0.542. The number of hydrogen-bond donors (Lipinski definition) is 2. The molecule has 1 heterocycles. The van der Waals surface area contributed by atoms with Gasteiger partial charge in [0, 0.05) is 6.54 Å². The Morgan fingerprint density at radius 3 is 2.88 bits per heavy atom. The average molecular weight is 219 g/mol. The normalized spacial score (nSPS) is 12.9. The molecule has 0 bridgehead atoms. The molecule has 0 radical (unpaired) electrons. The smallest absolute Gasteiger partial charge is 0.295 e. The molecule has 2 aromatic rings. The molecule has 1 aromatic heterocycles. The van der Waals surface area contributed by atoms with Gasteiger partial charge in [-0.05, 0) is 31.6 Å². The van der Waals surface area contributed by atoms with Crippen LogP contribution in [0, 0.1) is 5.92 Å². The van der Waals surface area contributed by atoms with Crippen LogP contribution in [0.3, 0.4) is 0 Å². The second kappa shape index (κ2) is 4.99. The lowest BCUT2D eigenvalue weighted by atomic mass is 10.2. The standard InChI is InChI=1S/C12H17N3O/c1-9(7-13-2)8-14-12-15-10-5-3-4-6-11(10)16-12/h3-6,9,13H,7-8H2,1-2H3,(H,14,15). The van der Waals surface area contributed by atoms with Gasteiger partial charge in [-0.1, -0.05) is 19.1 Å². The van der Waals surface area contributed by atoms with Gasteiger partial charge >= 0.3 is 0 Å².